The van der Waals surface area contributed by atoms with Gasteiger partial charge >= 0.3 is 12.3 Å². The highest BCUT2D eigenvalue weighted by atomic mass is 79.9. The highest BCUT2D eigenvalue weighted by molar-refractivity contribution is 9.10. The van der Waals surface area contributed by atoms with Crippen molar-refractivity contribution in [3.05, 3.63) is 93.8 Å². The predicted molar refractivity (Wildman–Crippen MR) is 145 cm³/mol. The number of benzene rings is 3. The fraction of sp³-hybridized carbons (Fsp3) is 0.148. The van der Waals surface area contributed by atoms with Crippen molar-refractivity contribution in [3.8, 4) is 17.0 Å². The number of anilines is 2. The van der Waals surface area contributed by atoms with E-state index in [-0.39, 0.29) is 25.3 Å². The van der Waals surface area contributed by atoms with Crippen molar-refractivity contribution in [1.29, 1.82) is 0 Å². The van der Waals surface area contributed by atoms with E-state index in [1.165, 1.54) is 29.5 Å². The van der Waals surface area contributed by atoms with Crippen LogP contribution in [0.25, 0.3) is 11.3 Å². The molecule has 3 aromatic carbocycles. The Labute approximate surface area is 234 Å². The molecule has 0 radical (unpaired) electrons. The number of rotatable bonds is 10. The van der Waals surface area contributed by atoms with Crippen LogP contribution >= 0.6 is 27.3 Å². The van der Waals surface area contributed by atoms with Crippen LogP contribution in [0.3, 0.4) is 0 Å². The fourth-order valence-corrected chi connectivity index (χ4v) is 4.89. The van der Waals surface area contributed by atoms with Crippen LogP contribution < -0.4 is 15.0 Å². The van der Waals surface area contributed by atoms with Gasteiger partial charge < -0.3 is 20.1 Å². The Bertz CT molecular complexity index is 1460. The number of hydrogen-bond donors (Lipinski definition) is 2. The Hall–Kier alpha value is -3.90. The number of ether oxygens (including phenoxy) is 1. The fourth-order valence-electron chi connectivity index (χ4n) is 3.64. The Kier molecular flexibility index (Phi) is 8.87. The molecule has 0 spiro atoms. The molecule has 0 saturated heterocycles. The first-order valence-electron chi connectivity index (χ1n) is 11.5. The van der Waals surface area contributed by atoms with Gasteiger partial charge in [-0.05, 0) is 54.1 Å². The molecule has 7 nitrogen and oxygen atoms in total. The SMILES string of the molecule is O=C(O)CCNC(=O)c1ccc(N(Cc2cccc(OC(F)(F)F)c2)c2nc(-c3cccc(Br)c3)cs2)cc1. The van der Waals surface area contributed by atoms with Gasteiger partial charge in [-0.15, -0.1) is 24.5 Å². The van der Waals surface area contributed by atoms with Gasteiger partial charge in [0.2, 0.25) is 0 Å². The number of amides is 1. The van der Waals surface area contributed by atoms with Gasteiger partial charge in [0.1, 0.15) is 5.75 Å². The van der Waals surface area contributed by atoms with E-state index in [1.807, 2.05) is 34.5 Å². The van der Waals surface area contributed by atoms with Crippen LogP contribution in [-0.2, 0) is 11.3 Å². The van der Waals surface area contributed by atoms with Gasteiger partial charge in [-0.25, -0.2) is 4.98 Å². The Morgan fingerprint density at radius 2 is 1.79 bits per heavy atom. The standard InChI is InChI=1S/C27H21BrF3N3O4S/c28-20-5-2-4-19(14-20)23-16-39-26(33-23)34(15-17-3-1-6-22(13-17)38-27(29,30)31)21-9-7-18(8-10-21)25(37)32-12-11-24(35)36/h1-10,13-14,16H,11-12,15H2,(H,32,37)(H,35,36). The molecule has 1 amide bonds. The molecule has 0 aliphatic carbocycles. The van der Waals surface area contributed by atoms with Crippen LogP contribution in [0.1, 0.15) is 22.3 Å². The first kappa shape index (κ1) is 28.1. The average molecular weight is 620 g/mol. The monoisotopic (exact) mass is 619 g/mol. The first-order chi connectivity index (χ1) is 18.6. The summed E-state index contributed by atoms with van der Waals surface area (Å²) in [5.74, 6) is -1.77. The lowest BCUT2D eigenvalue weighted by molar-refractivity contribution is -0.274. The molecule has 2 N–H and O–H groups in total. The summed E-state index contributed by atoms with van der Waals surface area (Å²) in [6.45, 7) is 0.167. The van der Waals surface area contributed by atoms with Gasteiger partial charge in [-0.1, -0.05) is 40.2 Å². The molecule has 0 aliphatic heterocycles. The van der Waals surface area contributed by atoms with Crippen molar-refractivity contribution in [2.45, 2.75) is 19.3 Å². The summed E-state index contributed by atoms with van der Waals surface area (Å²) in [7, 11) is 0. The number of hydrogen-bond acceptors (Lipinski definition) is 6. The third-order valence-corrected chi connectivity index (χ3v) is 6.74. The maximum absolute atomic E-state index is 12.8. The Morgan fingerprint density at radius 3 is 2.49 bits per heavy atom. The molecule has 4 aromatic rings. The number of carboxylic acid groups (broad SMARTS) is 1. The van der Waals surface area contributed by atoms with Crippen molar-refractivity contribution < 1.29 is 32.6 Å². The lowest BCUT2D eigenvalue weighted by Crippen LogP contribution is -2.26. The van der Waals surface area contributed by atoms with E-state index in [1.54, 1.807) is 30.3 Å². The van der Waals surface area contributed by atoms with E-state index >= 15 is 0 Å². The number of carboxylic acids is 1. The second-order valence-electron chi connectivity index (χ2n) is 8.25. The van der Waals surface area contributed by atoms with Crippen molar-refractivity contribution in [2.75, 3.05) is 11.4 Å². The number of carbonyl (C=O) groups is 2. The molecular formula is C27H21BrF3N3O4S. The summed E-state index contributed by atoms with van der Waals surface area (Å²) in [5, 5.41) is 13.8. The molecule has 4 rings (SSSR count). The van der Waals surface area contributed by atoms with Crippen LogP contribution in [0, 0.1) is 0 Å². The van der Waals surface area contributed by atoms with Crippen LogP contribution in [0.15, 0.2) is 82.6 Å². The molecule has 12 heteroatoms. The number of halogens is 4. The molecule has 0 bridgehead atoms. The number of thiazole rings is 1. The summed E-state index contributed by atoms with van der Waals surface area (Å²) in [4.78, 5) is 29.7. The maximum atomic E-state index is 12.8. The minimum atomic E-state index is -4.81. The van der Waals surface area contributed by atoms with E-state index in [0.717, 1.165) is 15.7 Å². The van der Waals surface area contributed by atoms with E-state index in [0.29, 0.717) is 21.9 Å². The van der Waals surface area contributed by atoms with E-state index in [9.17, 15) is 22.8 Å². The highest BCUT2D eigenvalue weighted by Crippen LogP contribution is 2.35. The van der Waals surface area contributed by atoms with E-state index in [2.05, 4.69) is 26.0 Å². The van der Waals surface area contributed by atoms with Crippen molar-refractivity contribution in [2.24, 2.45) is 0 Å². The van der Waals surface area contributed by atoms with Crippen LogP contribution in [0.5, 0.6) is 5.75 Å². The molecule has 202 valence electrons. The van der Waals surface area contributed by atoms with Crippen molar-refractivity contribution in [1.82, 2.24) is 10.3 Å². The molecular weight excluding hydrogens is 599 g/mol. The molecule has 1 aromatic heterocycles. The zero-order valence-corrected chi connectivity index (χ0v) is 22.5. The number of aliphatic carboxylic acids is 1. The molecule has 0 saturated carbocycles. The maximum Gasteiger partial charge on any atom is 0.573 e. The first-order valence-corrected chi connectivity index (χ1v) is 13.2. The van der Waals surface area contributed by atoms with Crippen molar-refractivity contribution in [3.63, 3.8) is 0 Å². The second kappa shape index (κ2) is 12.3. The van der Waals surface area contributed by atoms with Gasteiger partial charge in [0.25, 0.3) is 5.91 Å². The van der Waals surface area contributed by atoms with E-state index in [4.69, 9.17) is 10.1 Å². The molecule has 39 heavy (non-hydrogen) atoms. The quantitative estimate of drug-likeness (QED) is 0.198. The number of nitrogens with one attached hydrogen (secondary N) is 1. The normalized spacial score (nSPS) is 11.2. The molecule has 0 atom stereocenters. The topological polar surface area (TPSA) is 91.8 Å². The Morgan fingerprint density at radius 1 is 1.05 bits per heavy atom. The minimum Gasteiger partial charge on any atom is -0.481 e. The molecule has 0 fully saturated rings. The van der Waals surface area contributed by atoms with Gasteiger partial charge in [0, 0.05) is 33.2 Å². The zero-order valence-electron chi connectivity index (χ0n) is 20.1. The summed E-state index contributed by atoms with van der Waals surface area (Å²) in [6.07, 6.45) is -5.01. The van der Waals surface area contributed by atoms with Crippen molar-refractivity contribution >= 4 is 50.0 Å². The van der Waals surface area contributed by atoms with Crippen LogP contribution in [0.4, 0.5) is 24.0 Å². The summed E-state index contributed by atoms with van der Waals surface area (Å²) in [5.41, 5.74) is 3.14. The molecule has 1 heterocycles. The number of aromatic nitrogens is 1. The van der Waals surface area contributed by atoms with Gasteiger partial charge in [-0.3, -0.25) is 9.59 Å². The number of carbonyl (C=O) groups excluding carboxylic acids is 1. The Balaban J connectivity index is 1.63. The third-order valence-electron chi connectivity index (χ3n) is 5.38. The van der Waals surface area contributed by atoms with Crippen LogP contribution in [0.2, 0.25) is 0 Å². The summed E-state index contributed by atoms with van der Waals surface area (Å²) in [6, 6.07) is 19.9. The highest BCUT2D eigenvalue weighted by Gasteiger charge is 2.31. The van der Waals surface area contributed by atoms with Gasteiger partial charge in [0.05, 0.1) is 18.7 Å². The summed E-state index contributed by atoms with van der Waals surface area (Å²) < 4.78 is 43.3. The molecule has 0 aliphatic rings. The molecule has 0 unspecified atom stereocenters. The smallest absolute Gasteiger partial charge is 0.481 e. The average Bonchev–Trinajstić information content (AvgIpc) is 3.36. The van der Waals surface area contributed by atoms with E-state index < -0.39 is 18.2 Å². The lowest BCUT2D eigenvalue weighted by atomic mass is 10.1. The summed E-state index contributed by atoms with van der Waals surface area (Å²) >= 11 is 4.82. The lowest BCUT2D eigenvalue weighted by Gasteiger charge is -2.23. The largest absolute Gasteiger partial charge is 0.573 e. The third kappa shape index (κ3) is 8.04. The van der Waals surface area contributed by atoms with Gasteiger partial charge in [-0.2, -0.15) is 0 Å². The zero-order chi connectivity index (χ0) is 28.0. The number of alkyl halides is 3. The van der Waals surface area contributed by atoms with Crippen LogP contribution in [-0.4, -0.2) is 34.9 Å². The van der Waals surface area contributed by atoms with Gasteiger partial charge in [0.15, 0.2) is 5.13 Å². The number of nitrogens with zero attached hydrogens (tertiary/aromatic N) is 2. The predicted octanol–water partition coefficient (Wildman–Crippen LogP) is 7.01. The second-order valence-corrected chi connectivity index (χ2v) is 10.0. The minimum absolute atomic E-state index is 0.00409.